The maximum atomic E-state index is 11.2. The summed E-state index contributed by atoms with van der Waals surface area (Å²) in [5.74, 6) is 0. The fourth-order valence-corrected chi connectivity index (χ4v) is 2.05. The van der Waals surface area contributed by atoms with Gasteiger partial charge in [-0.15, -0.1) is 0 Å². The highest BCUT2D eigenvalue weighted by Crippen LogP contribution is 2.10. The Morgan fingerprint density at radius 3 is 2.36 bits per heavy atom. The third-order valence-electron chi connectivity index (χ3n) is 1.76. The largest absolute Gasteiger partial charge is 0.279 e. The van der Waals surface area contributed by atoms with E-state index in [9.17, 15) is 8.42 Å². The number of piperidine rings is 1. The average Bonchev–Trinajstić information content (AvgIpc) is 2.06. The van der Waals surface area contributed by atoms with Gasteiger partial charge in [-0.25, -0.2) is 4.72 Å². The molecule has 0 saturated carbocycles. The van der Waals surface area contributed by atoms with E-state index in [0.29, 0.717) is 13.1 Å². The van der Waals surface area contributed by atoms with Crippen molar-refractivity contribution >= 4 is 10.2 Å². The van der Waals surface area contributed by atoms with E-state index in [0.717, 1.165) is 12.8 Å². The Bertz CT molecular complexity index is 207. The summed E-state index contributed by atoms with van der Waals surface area (Å²) in [4.78, 5) is 0. The zero-order valence-electron chi connectivity index (χ0n) is 6.58. The van der Waals surface area contributed by atoms with E-state index in [1.165, 1.54) is 11.4 Å². The molecule has 0 aromatic carbocycles. The van der Waals surface area contributed by atoms with Crippen LogP contribution in [0.15, 0.2) is 0 Å². The minimum Gasteiger partial charge on any atom is -0.205 e. The van der Waals surface area contributed by atoms with Crippen molar-refractivity contribution in [2.24, 2.45) is 0 Å². The number of nitrogens with zero attached hydrogens (tertiary/aromatic N) is 1. The summed E-state index contributed by atoms with van der Waals surface area (Å²) in [6.07, 6.45) is 3.84. The topological polar surface area (TPSA) is 49.4 Å². The number of rotatable bonds is 2. The molecule has 0 bridgehead atoms. The molecule has 0 spiro atoms. The first kappa shape index (κ1) is 8.96. The van der Waals surface area contributed by atoms with Gasteiger partial charge in [-0.1, -0.05) is 0 Å². The molecule has 1 radical (unpaired) electrons. The van der Waals surface area contributed by atoms with E-state index in [2.05, 4.69) is 11.1 Å². The third-order valence-corrected chi connectivity index (χ3v) is 3.32. The molecule has 0 aliphatic carbocycles. The van der Waals surface area contributed by atoms with Gasteiger partial charge in [-0.3, -0.25) is 0 Å². The van der Waals surface area contributed by atoms with Crippen LogP contribution in [-0.2, 0) is 10.2 Å². The van der Waals surface area contributed by atoms with Gasteiger partial charge in [0.2, 0.25) is 0 Å². The Hall–Kier alpha value is -0.130. The smallest absolute Gasteiger partial charge is 0.205 e. The van der Waals surface area contributed by atoms with Crippen LogP contribution in [0, 0.1) is 6.42 Å². The van der Waals surface area contributed by atoms with E-state index in [-0.39, 0.29) is 0 Å². The number of hydrogen-bond acceptors (Lipinski definition) is 2. The summed E-state index contributed by atoms with van der Waals surface area (Å²) in [7, 11) is -1.72. The van der Waals surface area contributed by atoms with E-state index in [1.807, 2.05) is 0 Å². The second-order valence-electron chi connectivity index (χ2n) is 2.47. The molecule has 1 fully saturated rings. The van der Waals surface area contributed by atoms with Gasteiger partial charge in [0.05, 0.1) is 0 Å². The van der Waals surface area contributed by atoms with Crippen LogP contribution in [0.1, 0.15) is 12.8 Å². The summed E-state index contributed by atoms with van der Waals surface area (Å²) in [6, 6.07) is 0. The molecule has 1 rings (SSSR count). The molecule has 1 heterocycles. The molecule has 0 aromatic heterocycles. The minimum absolute atomic E-state index is 0.614. The Labute approximate surface area is 67.8 Å². The minimum atomic E-state index is -3.16. The van der Waals surface area contributed by atoms with Crippen LogP contribution in [0.4, 0.5) is 0 Å². The van der Waals surface area contributed by atoms with Gasteiger partial charge in [0.25, 0.3) is 10.2 Å². The quantitative estimate of drug-likeness (QED) is 0.632. The highest BCUT2D eigenvalue weighted by Gasteiger charge is 2.21. The third kappa shape index (κ3) is 2.15. The van der Waals surface area contributed by atoms with Crippen molar-refractivity contribution in [3.63, 3.8) is 0 Å². The van der Waals surface area contributed by atoms with E-state index < -0.39 is 10.2 Å². The molecule has 1 aliphatic rings. The van der Waals surface area contributed by atoms with Crippen molar-refractivity contribution in [3.8, 4) is 0 Å². The SMILES string of the molecule is CNS(=O)(=O)N1CC[CH]CC1. The van der Waals surface area contributed by atoms with Gasteiger partial charge in [0.15, 0.2) is 0 Å². The van der Waals surface area contributed by atoms with Crippen LogP contribution in [0.5, 0.6) is 0 Å². The first-order valence-corrected chi connectivity index (χ1v) is 5.11. The lowest BCUT2D eigenvalue weighted by Crippen LogP contribution is -2.41. The van der Waals surface area contributed by atoms with Crippen molar-refractivity contribution in [3.05, 3.63) is 6.42 Å². The van der Waals surface area contributed by atoms with Crippen LogP contribution >= 0.6 is 0 Å². The van der Waals surface area contributed by atoms with Gasteiger partial charge in [0.1, 0.15) is 0 Å². The summed E-state index contributed by atoms with van der Waals surface area (Å²) in [5, 5.41) is 0. The van der Waals surface area contributed by atoms with Crippen LogP contribution in [0.3, 0.4) is 0 Å². The van der Waals surface area contributed by atoms with Gasteiger partial charge in [-0.2, -0.15) is 12.7 Å². The van der Waals surface area contributed by atoms with Crippen LogP contribution < -0.4 is 4.72 Å². The molecule has 0 atom stereocenters. The Morgan fingerprint density at radius 2 is 1.91 bits per heavy atom. The van der Waals surface area contributed by atoms with Crippen LogP contribution in [0.2, 0.25) is 0 Å². The maximum Gasteiger partial charge on any atom is 0.279 e. The van der Waals surface area contributed by atoms with E-state index in [1.54, 1.807) is 0 Å². The van der Waals surface area contributed by atoms with Gasteiger partial charge in [0, 0.05) is 20.1 Å². The Morgan fingerprint density at radius 1 is 1.36 bits per heavy atom. The molecule has 1 aliphatic heterocycles. The van der Waals surface area contributed by atoms with E-state index in [4.69, 9.17) is 0 Å². The molecular formula is C6H13N2O2S. The summed E-state index contributed by atoms with van der Waals surface area (Å²) in [6.45, 7) is 1.23. The predicted molar refractivity (Wildman–Crippen MR) is 43.1 cm³/mol. The lowest BCUT2D eigenvalue weighted by molar-refractivity contribution is 0.379. The molecule has 5 heteroatoms. The summed E-state index contributed by atoms with van der Waals surface area (Å²) >= 11 is 0. The lowest BCUT2D eigenvalue weighted by Gasteiger charge is -2.24. The molecule has 1 N–H and O–H groups in total. The van der Waals surface area contributed by atoms with Gasteiger partial charge < -0.3 is 0 Å². The fraction of sp³-hybridized carbons (Fsp3) is 0.833. The standard InChI is InChI=1S/C6H13N2O2S/c1-7-11(9,10)8-5-3-2-4-6-8/h2,7H,3-6H2,1H3. The van der Waals surface area contributed by atoms with Gasteiger partial charge >= 0.3 is 0 Å². The van der Waals surface area contributed by atoms with Crippen molar-refractivity contribution in [1.82, 2.24) is 9.03 Å². The first-order chi connectivity index (χ1) is 5.17. The van der Waals surface area contributed by atoms with Crippen LogP contribution in [-0.4, -0.2) is 32.9 Å². The normalized spacial score (nSPS) is 21.9. The average molecular weight is 177 g/mol. The zero-order valence-corrected chi connectivity index (χ0v) is 7.39. The van der Waals surface area contributed by atoms with Crippen molar-refractivity contribution in [2.45, 2.75) is 12.8 Å². The zero-order chi connectivity index (χ0) is 8.32. The summed E-state index contributed by atoms with van der Waals surface area (Å²) < 4.78 is 26.1. The second kappa shape index (κ2) is 3.51. The molecule has 4 nitrogen and oxygen atoms in total. The fourth-order valence-electron chi connectivity index (χ4n) is 1.10. The second-order valence-corrected chi connectivity index (χ2v) is 4.35. The molecule has 1 saturated heterocycles. The first-order valence-electron chi connectivity index (χ1n) is 3.67. The van der Waals surface area contributed by atoms with Gasteiger partial charge in [-0.05, 0) is 19.3 Å². The monoisotopic (exact) mass is 177 g/mol. The molecule has 0 aromatic rings. The maximum absolute atomic E-state index is 11.2. The lowest BCUT2D eigenvalue weighted by atomic mass is 10.2. The highest BCUT2D eigenvalue weighted by molar-refractivity contribution is 7.87. The number of hydrogen-bond donors (Lipinski definition) is 1. The Balaban J connectivity index is 2.58. The number of nitrogens with one attached hydrogen (secondary N) is 1. The molecule has 0 unspecified atom stereocenters. The van der Waals surface area contributed by atoms with Crippen molar-refractivity contribution in [1.29, 1.82) is 0 Å². The molecule has 0 amide bonds. The summed E-state index contributed by atoms with van der Waals surface area (Å²) in [5.41, 5.74) is 0. The van der Waals surface area contributed by atoms with Crippen molar-refractivity contribution in [2.75, 3.05) is 20.1 Å². The predicted octanol–water partition coefficient (Wildman–Crippen LogP) is -0.249. The molecular weight excluding hydrogens is 164 g/mol. The molecule has 65 valence electrons. The highest BCUT2D eigenvalue weighted by atomic mass is 32.2. The Kier molecular flexibility index (Phi) is 2.86. The molecule has 11 heavy (non-hydrogen) atoms. The van der Waals surface area contributed by atoms with Crippen LogP contribution in [0.25, 0.3) is 0 Å². The van der Waals surface area contributed by atoms with Crippen molar-refractivity contribution < 1.29 is 8.42 Å². The van der Waals surface area contributed by atoms with E-state index >= 15 is 0 Å².